The van der Waals surface area contributed by atoms with E-state index in [0.717, 1.165) is 33.9 Å². The number of carbonyl (C=O) groups excluding carboxylic acids is 3. The Morgan fingerprint density at radius 1 is 1.09 bits per heavy atom. The molecule has 3 atom stereocenters. The van der Waals surface area contributed by atoms with Crippen LogP contribution in [0.1, 0.15) is 48.0 Å². The van der Waals surface area contributed by atoms with E-state index >= 15 is 0 Å². The monoisotopic (exact) mass is 613 g/mol. The number of imide groups is 1. The lowest BCUT2D eigenvalue weighted by Crippen LogP contribution is -2.59. The lowest BCUT2D eigenvalue weighted by molar-refractivity contribution is -0.132. The standard InChI is InChI=1S/C33H39N7O3S/c1-21-10-9-19-39(21)33(43)40(31(42)26(36-2)20-22-11-4-3-5-12-22)27(15-8-18-37-32(34)35)28(41)30-38-25-17-16-23-13-6-7-14-24(23)29(25)44-30/h3-7,11-14,16-17,21,26-27,36H,8-10,15,18-20H2,1-2H3,(H4,34,35,37)/t21-,26-,27?/m1/s1. The molecule has 0 bridgehead atoms. The van der Waals surface area contributed by atoms with Gasteiger partial charge in [-0.3, -0.25) is 19.5 Å². The van der Waals surface area contributed by atoms with Gasteiger partial charge >= 0.3 is 6.03 Å². The summed E-state index contributed by atoms with van der Waals surface area (Å²) in [5.74, 6) is -0.880. The second kappa shape index (κ2) is 14.0. The van der Waals surface area contributed by atoms with E-state index in [9.17, 15) is 14.4 Å². The molecule has 11 heteroatoms. The van der Waals surface area contributed by atoms with Crippen molar-refractivity contribution in [2.24, 2.45) is 16.5 Å². The van der Waals surface area contributed by atoms with Gasteiger partial charge in [0.25, 0.3) is 0 Å². The van der Waals surface area contributed by atoms with Gasteiger partial charge in [0.1, 0.15) is 6.04 Å². The van der Waals surface area contributed by atoms with Crippen molar-refractivity contribution in [2.75, 3.05) is 20.1 Å². The van der Waals surface area contributed by atoms with E-state index < -0.39 is 24.0 Å². The molecule has 1 aliphatic heterocycles. The number of fused-ring (bicyclic) bond motifs is 3. The van der Waals surface area contributed by atoms with Crippen molar-refractivity contribution in [3.8, 4) is 0 Å². The smallest absolute Gasteiger partial charge is 0.327 e. The summed E-state index contributed by atoms with van der Waals surface area (Å²) in [5, 5.41) is 5.40. The average Bonchev–Trinajstić information content (AvgIpc) is 3.67. The number of hydrogen-bond acceptors (Lipinski definition) is 7. The molecule has 4 aromatic rings. The van der Waals surface area contributed by atoms with Crippen molar-refractivity contribution >= 4 is 56.0 Å². The molecule has 5 rings (SSSR count). The molecule has 2 heterocycles. The molecule has 3 amide bonds. The summed E-state index contributed by atoms with van der Waals surface area (Å²) in [5.41, 5.74) is 12.7. The van der Waals surface area contributed by atoms with Gasteiger partial charge in [0.05, 0.1) is 16.3 Å². The summed E-state index contributed by atoms with van der Waals surface area (Å²) in [6.45, 7) is 2.75. The lowest BCUT2D eigenvalue weighted by Gasteiger charge is -2.36. The molecule has 1 saturated heterocycles. The third-order valence-corrected chi connectivity index (χ3v) is 9.33. The number of Topliss-reactive ketones (excluding diaryl/α,β-unsaturated/α-hetero) is 1. The number of nitrogens with zero attached hydrogens (tertiary/aromatic N) is 4. The summed E-state index contributed by atoms with van der Waals surface area (Å²) in [6.07, 6.45) is 2.60. The molecule has 1 fully saturated rings. The number of amides is 3. The summed E-state index contributed by atoms with van der Waals surface area (Å²) in [7, 11) is 1.70. The van der Waals surface area contributed by atoms with Crippen LogP contribution in [0.2, 0.25) is 0 Å². The first-order chi connectivity index (χ1) is 21.3. The Kier molecular flexibility index (Phi) is 9.86. The fourth-order valence-electron chi connectivity index (χ4n) is 5.84. The molecule has 10 nitrogen and oxygen atoms in total. The van der Waals surface area contributed by atoms with Crippen molar-refractivity contribution in [3.05, 3.63) is 77.3 Å². The largest absolute Gasteiger partial charge is 0.370 e. The van der Waals surface area contributed by atoms with Crippen molar-refractivity contribution < 1.29 is 14.4 Å². The van der Waals surface area contributed by atoms with Crippen LogP contribution in [0.4, 0.5) is 4.79 Å². The number of nitrogens with two attached hydrogens (primary N) is 2. The van der Waals surface area contributed by atoms with E-state index in [1.807, 2.05) is 73.7 Å². The maximum atomic E-state index is 14.5. The fraction of sp³-hybridized carbons (Fsp3) is 0.364. The molecule has 3 aromatic carbocycles. The van der Waals surface area contributed by atoms with Gasteiger partial charge in [-0.1, -0.05) is 60.7 Å². The predicted octanol–water partition coefficient (Wildman–Crippen LogP) is 4.32. The second-order valence-corrected chi connectivity index (χ2v) is 12.2. The van der Waals surface area contributed by atoms with Gasteiger partial charge in [0.2, 0.25) is 11.7 Å². The molecule has 44 heavy (non-hydrogen) atoms. The van der Waals surface area contributed by atoms with Gasteiger partial charge < -0.3 is 21.7 Å². The van der Waals surface area contributed by atoms with Crippen molar-refractivity contribution in [1.82, 2.24) is 20.1 Å². The Balaban J connectivity index is 1.56. The molecular weight excluding hydrogens is 574 g/mol. The first-order valence-electron chi connectivity index (χ1n) is 15.0. The molecule has 230 valence electrons. The zero-order valence-electron chi connectivity index (χ0n) is 25.1. The number of likely N-dealkylation sites (N-methyl/N-ethyl adjacent to an activating group) is 1. The minimum atomic E-state index is -1.09. The summed E-state index contributed by atoms with van der Waals surface area (Å²) >= 11 is 1.29. The number of guanidine groups is 1. The Morgan fingerprint density at radius 3 is 2.55 bits per heavy atom. The number of hydrogen-bond donors (Lipinski definition) is 3. The number of ketones is 1. The van der Waals surface area contributed by atoms with Crippen LogP contribution in [-0.4, -0.2) is 76.7 Å². The number of likely N-dealkylation sites (tertiary alicyclic amines) is 1. The molecular formula is C33H39N7O3S. The molecule has 1 aromatic heterocycles. The van der Waals surface area contributed by atoms with E-state index in [1.165, 1.54) is 16.2 Å². The molecule has 0 aliphatic carbocycles. The molecule has 0 spiro atoms. The van der Waals surface area contributed by atoms with Crippen molar-refractivity contribution in [2.45, 2.75) is 57.2 Å². The second-order valence-electron chi connectivity index (χ2n) is 11.2. The number of thiazole rings is 1. The highest BCUT2D eigenvalue weighted by Gasteiger charge is 2.42. The normalized spacial score (nSPS) is 16.1. The van der Waals surface area contributed by atoms with E-state index in [4.69, 9.17) is 16.5 Å². The number of rotatable bonds is 11. The topological polar surface area (TPSA) is 147 Å². The van der Waals surface area contributed by atoms with Gasteiger partial charge in [-0.15, -0.1) is 11.3 Å². The molecule has 1 aliphatic rings. The van der Waals surface area contributed by atoms with Crippen LogP contribution >= 0.6 is 11.3 Å². The van der Waals surface area contributed by atoms with E-state index in [0.29, 0.717) is 24.9 Å². The SMILES string of the molecule is CN[C@H](Cc1ccccc1)C(=O)N(C(=O)N1CCC[C@H]1C)C(CCCN=C(N)N)C(=O)c1nc2ccc3ccccc3c2s1. The molecule has 0 saturated carbocycles. The first kappa shape index (κ1) is 31.1. The third-order valence-electron chi connectivity index (χ3n) is 8.21. The van der Waals surface area contributed by atoms with Gasteiger partial charge in [-0.2, -0.15) is 0 Å². The van der Waals surface area contributed by atoms with Crippen LogP contribution < -0.4 is 16.8 Å². The quantitative estimate of drug-likeness (QED) is 0.0988. The Labute approximate surface area is 261 Å². The Hall–Kier alpha value is -4.35. The van der Waals surface area contributed by atoms with Crippen LogP contribution in [0.5, 0.6) is 0 Å². The number of urea groups is 1. The zero-order valence-corrected chi connectivity index (χ0v) is 25.9. The number of carbonyl (C=O) groups is 3. The number of aliphatic imine (C=N–C) groups is 1. The summed E-state index contributed by atoms with van der Waals surface area (Å²) in [4.78, 5) is 54.9. The van der Waals surface area contributed by atoms with Crippen LogP contribution in [0.25, 0.3) is 21.0 Å². The van der Waals surface area contributed by atoms with Gasteiger partial charge in [0.15, 0.2) is 11.0 Å². The molecule has 1 unspecified atom stereocenters. The Bertz CT molecular complexity index is 1670. The predicted molar refractivity (Wildman–Crippen MR) is 176 cm³/mol. The van der Waals surface area contributed by atoms with Crippen LogP contribution in [0.15, 0.2) is 71.7 Å². The van der Waals surface area contributed by atoms with Crippen molar-refractivity contribution in [3.63, 3.8) is 0 Å². The minimum Gasteiger partial charge on any atom is -0.370 e. The van der Waals surface area contributed by atoms with Crippen LogP contribution in [0.3, 0.4) is 0 Å². The third kappa shape index (κ3) is 6.74. The highest BCUT2D eigenvalue weighted by Crippen LogP contribution is 2.32. The number of nitrogens with one attached hydrogen (secondary N) is 1. The van der Waals surface area contributed by atoms with E-state index in [2.05, 4.69) is 10.3 Å². The first-order valence-corrected chi connectivity index (χ1v) is 15.8. The zero-order chi connectivity index (χ0) is 31.2. The molecule has 5 N–H and O–H groups in total. The highest BCUT2D eigenvalue weighted by molar-refractivity contribution is 7.21. The highest BCUT2D eigenvalue weighted by atomic mass is 32.1. The summed E-state index contributed by atoms with van der Waals surface area (Å²) < 4.78 is 0.889. The van der Waals surface area contributed by atoms with Gasteiger partial charge in [0, 0.05) is 24.5 Å². The van der Waals surface area contributed by atoms with Crippen LogP contribution in [0, 0.1) is 0 Å². The van der Waals surface area contributed by atoms with E-state index in [1.54, 1.807) is 11.9 Å². The van der Waals surface area contributed by atoms with Crippen LogP contribution in [-0.2, 0) is 11.2 Å². The number of benzene rings is 3. The van der Waals surface area contributed by atoms with E-state index in [-0.39, 0.29) is 35.8 Å². The minimum absolute atomic E-state index is 0.0498. The fourth-order valence-corrected chi connectivity index (χ4v) is 6.93. The lowest BCUT2D eigenvalue weighted by atomic mass is 10.0. The van der Waals surface area contributed by atoms with Gasteiger partial charge in [-0.25, -0.2) is 9.78 Å². The summed E-state index contributed by atoms with van der Waals surface area (Å²) in [6, 6.07) is 19.1. The average molecular weight is 614 g/mol. The van der Waals surface area contributed by atoms with Gasteiger partial charge in [-0.05, 0) is 63.1 Å². The maximum Gasteiger partial charge on any atom is 0.327 e. The Morgan fingerprint density at radius 2 is 1.84 bits per heavy atom. The molecule has 0 radical (unpaired) electrons. The number of aromatic nitrogens is 1. The van der Waals surface area contributed by atoms with Crippen molar-refractivity contribution in [1.29, 1.82) is 0 Å². The maximum absolute atomic E-state index is 14.5.